The van der Waals surface area contributed by atoms with Crippen LogP contribution in [0.25, 0.3) is 0 Å². The summed E-state index contributed by atoms with van der Waals surface area (Å²) in [5.41, 5.74) is -1.49. The van der Waals surface area contributed by atoms with E-state index < -0.39 is 34.4 Å². The van der Waals surface area contributed by atoms with E-state index in [4.69, 9.17) is 19.5 Å². The van der Waals surface area contributed by atoms with Gasteiger partial charge in [0.15, 0.2) is 0 Å². The molecule has 28 heavy (non-hydrogen) atoms. The molecule has 0 saturated heterocycles. The predicted octanol–water partition coefficient (Wildman–Crippen LogP) is 3.56. The van der Waals surface area contributed by atoms with Crippen LogP contribution in [0.3, 0.4) is 0 Å². The van der Waals surface area contributed by atoms with Gasteiger partial charge in [-0.1, -0.05) is 11.8 Å². The number of hydrogen-bond donors (Lipinski definition) is 0. The Kier molecular flexibility index (Phi) is 7.82. The maximum absolute atomic E-state index is 14.1. The first-order valence-electron chi connectivity index (χ1n) is 8.06. The Morgan fingerprint density at radius 2 is 1.36 bits per heavy atom. The van der Waals surface area contributed by atoms with Crippen LogP contribution in [-0.4, -0.2) is 33.5 Å². The molecule has 0 aliphatic heterocycles. The Labute approximate surface area is 159 Å². The molecule has 8 heteroatoms. The summed E-state index contributed by atoms with van der Waals surface area (Å²) in [4.78, 5) is 0. The Bertz CT molecular complexity index is 899. The van der Waals surface area contributed by atoms with Gasteiger partial charge in [-0.2, -0.15) is 5.26 Å². The van der Waals surface area contributed by atoms with Crippen molar-refractivity contribution < 1.29 is 31.8 Å². The summed E-state index contributed by atoms with van der Waals surface area (Å²) in [6, 6.07) is 4.89. The normalized spacial score (nSPS) is 10.1. The van der Waals surface area contributed by atoms with Crippen molar-refractivity contribution in [2.24, 2.45) is 0 Å². The lowest BCUT2D eigenvalue weighted by atomic mass is 10.1. The van der Waals surface area contributed by atoms with Crippen LogP contribution >= 0.6 is 0 Å². The smallest absolute Gasteiger partial charge is 0.145 e. The summed E-state index contributed by atoms with van der Waals surface area (Å²) in [6.07, 6.45) is 0. The van der Waals surface area contributed by atoms with E-state index in [9.17, 15) is 17.6 Å². The maximum atomic E-state index is 14.1. The fourth-order valence-electron chi connectivity index (χ4n) is 2.10. The second kappa shape index (κ2) is 10.3. The molecule has 4 nitrogen and oxygen atoms in total. The third-order valence-corrected chi connectivity index (χ3v) is 3.43. The third kappa shape index (κ3) is 5.71. The fourth-order valence-corrected chi connectivity index (χ4v) is 2.10. The molecule has 0 N–H and O–H groups in total. The molecule has 2 rings (SSSR count). The zero-order chi connectivity index (χ0) is 20.5. The lowest BCUT2D eigenvalue weighted by molar-refractivity contribution is 0.0543. The van der Waals surface area contributed by atoms with Gasteiger partial charge in [-0.05, 0) is 12.1 Å². The summed E-state index contributed by atoms with van der Waals surface area (Å²) in [5.74, 6) is 0.230. The van der Waals surface area contributed by atoms with E-state index >= 15 is 0 Å². The molecule has 0 amide bonds. The van der Waals surface area contributed by atoms with Crippen molar-refractivity contribution in [2.45, 2.75) is 0 Å². The van der Waals surface area contributed by atoms with Gasteiger partial charge in [0.25, 0.3) is 0 Å². The molecule has 2 aromatic rings. The minimum Gasteiger partial charge on any atom is -0.491 e. The van der Waals surface area contributed by atoms with Gasteiger partial charge in [-0.3, -0.25) is 0 Å². The molecule has 0 aliphatic carbocycles. The Balaban J connectivity index is 2.10. The average molecular weight is 393 g/mol. The highest BCUT2D eigenvalue weighted by molar-refractivity contribution is 5.48. The molecule has 0 bridgehead atoms. The van der Waals surface area contributed by atoms with Crippen molar-refractivity contribution in [2.75, 3.05) is 33.5 Å². The lowest BCUT2D eigenvalue weighted by Crippen LogP contribution is -2.10. The summed E-state index contributed by atoms with van der Waals surface area (Å²) in [5, 5.41) is 8.62. The van der Waals surface area contributed by atoms with Crippen molar-refractivity contribution >= 4 is 0 Å². The Morgan fingerprint density at radius 3 is 1.93 bits per heavy atom. The molecule has 2 aromatic carbocycles. The Hall–Kier alpha value is -3.07. The van der Waals surface area contributed by atoms with Crippen LogP contribution < -0.4 is 4.74 Å². The van der Waals surface area contributed by atoms with Crippen molar-refractivity contribution in [1.82, 2.24) is 0 Å². The van der Waals surface area contributed by atoms with Crippen LogP contribution in [-0.2, 0) is 9.47 Å². The zero-order valence-electron chi connectivity index (χ0n) is 14.8. The lowest BCUT2D eigenvalue weighted by Gasteiger charge is -2.08. The van der Waals surface area contributed by atoms with E-state index in [1.807, 2.05) is 0 Å². The van der Waals surface area contributed by atoms with Crippen molar-refractivity contribution in [3.63, 3.8) is 0 Å². The van der Waals surface area contributed by atoms with Crippen LogP contribution in [0.5, 0.6) is 5.75 Å². The van der Waals surface area contributed by atoms with Gasteiger partial charge in [0.05, 0.1) is 25.4 Å². The van der Waals surface area contributed by atoms with E-state index in [-0.39, 0.29) is 24.5 Å². The predicted molar refractivity (Wildman–Crippen MR) is 91.6 cm³/mol. The largest absolute Gasteiger partial charge is 0.491 e. The molecule has 0 fully saturated rings. The van der Waals surface area contributed by atoms with Crippen molar-refractivity contribution in [1.29, 1.82) is 5.26 Å². The molecule has 0 radical (unpaired) electrons. The minimum atomic E-state index is -1.11. The highest BCUT2D eigenvalue weighted by atomic mass is 19.1. The number of methoxy groups -OCH3 is 1. The number of hydrogen-bond acceptors (Lipinski definition) is 4. The van der Waals surface area contributed by atoms with Gasteiger partial charge in [0.2, 0.25) is 0 Å². The molecule has 0 heterocycles. The molecule has 0 spiro atoms. The molecule has 0 unspecified atom stereocenters. The van der Waals surface area contributed by atoms with Gasteiger partial charge in [0, 0.05) is 24.8 Å². The van der Waals surface area contributed by atoms with Gasteiger partial charge < -0.3 is 14.2 Å². The van der Waals surface area contributed by atoms with E-state index in [1.165, 1.54) is 13.2 Å². The van der Waals surface area contributed by atoms with Crippen LogP contribution in [0.1, 0.15) is 16.7 Å². The van der Waals surface area contributed by atoms with Gasteiger partial charge in [0.1, 0.15) is 47.3 Å². The molecule has 0 aromatic heterocycles. The molecular weight excluding hydrogens is 378 g/mol. The van der Waals surface area contributed by atoms with Crippen molar-refractivity contribution in [3.05, 3.63) is 64.2 Å². The minimum absolute atomic E-state index is 0.0497. The van der Waals surface area contributed by atoms with Gasteiger partial charge in [-0.15, -0.1) is 0 Å². The monoisotopic (exact) mass is 393 g/mol. The third-order valence-electron chi connectivity index (χ3n) is 3.43. The van der Waals surface area contributed by atoms with E-state index in [0.29, 0.717) is 13.2 Å². The van der Waals surface area contributed by atoms with Crippen molar-refractivity contribution in [3.8, 4) is 23.7 Å². The fraction of sp³-hybridized carbons (Fsp3) is 0.250. The van der Waals surface area contributed by atoms with E-state index in [0.717, 1.165) is 24.3 Å². The van der Waals surface area contributed by atoms with Gasteiger partial charge in [-0.25, -0.2) is 17.6 Å². The zero-order valence-corrected chi connectivity index (χ0v) is 14.8. The van der Waals surface area contributed by atoms with Crippen LogP contribution in [0.2, 0.25) is 0 Å². The molecule has 0 saturated carbocycles. The number of nitriles is 1. The number of benzene rings is 2. The highest BCUT2D eigenvalue weighted by Gasteiger charge is 2.12. The molecule has 0 aliphatic rings. The standard InChI is InChI=1S/C20H15F4NO3/c1-26-4-5-27-6-7-28-14-10-19(23)15(20(24)11-14)3-2-13-8-17(21)16(12-25)18(22)9-13/h8-11H,4-7H2,1H3. The molecule has 146 valence electrons. The summed E-state index contributed by atoms with van der Waals surface area (Å²) >= 11 is 0. The SMILES string of the molecule is COCCOCCOc1cc(F)c(C#Cc2cc(F)c(C#N)c(F)c2)c(F)c1. The quantitative estimate of drug-likeness (QED) is 0.410. The van der Waals surface area contributed by atoms with Crippen LogP contribution in [0, 0.1) is 46.4 Å². The van der Waals surface area contributed by atoms with Crippen LogP contribution in [0.15, 0.2) is 24.3 Å². The number of ether oxygens (including phenoxy) is 3. The summed E-state index contributed by atoms with van der Waals surface area (Å²) < 4.78 is 70.5. The summed E-state index contributed by atoms with van der Waals surface area (Å²) in [6.45, 7) is 1.08. The molecule has 0 atom stereocenters. The highest BCUT2D eigenvalue weighted by Crippen LogP contribution is 2.20. The first kappa shape index (κ1) is 21.2. The second-order valence-corrected chi connectivity index (χ2v) is 5.39. The first-order valence-corrected chi connectivity index (χ1v) is 8.06. The van der Waals surface area contributed by atoms with Crippen LogP contribution in [0.4, 0.5) is 17.6 Å². The number of rotatable bonds is 7. The maximum Gasteiger partial charge on any atom is 0.145 e. The Morgan fingerprint density at radius 1 is 0.786 bits per heavy atom. The van der Waals surface area contributed by atoms with E-state index in [2.05, 4.69) is 11.8 Å². The first-order chi connectivity index (χ1) is 13.5. The second-order valence-electron chi connectivity index (χ2n) is 5.39. The summed E-state index contributed by atoms with van der Waals surface area (Å²) in [7, 11) is 1.53. The van der Waals surface area contributed by atoms with Gasteiger partial charge >= 0.3 is 0 Å². The molecular formula is C20H15F4NO3. The van der Waals surface area contributed by atoms with E-state index in [1.54, 1.807) is 0 Å². The number of nitrogens with zero attached hydrogens (tertiary/aromatic N) is 1. The topological polar surface area (TPSA) is 51.5 Å². The average Bonchev–Trinajstić information content (AvgIpc) is 2.63. The number of halogens is 4.